The largest absolute Gasteiger partial charge is 0.486 e. The van der Waals surface area contributed by atoms with E-state index in [-0.39, 0.29) is 0 Å². The highest BCUT2D eigenvalue weighted by Gasteiger charge is 2.65. The average Bonchev–Trinajstić information content (AvgIpc) is 2.84. The molecule has 3 N–H and O–H groups in total. The summed E-state index contributed by atoms with van der Waals surface area (Å²) in [7, 11) is 0. The van der Waals surface area contributed by atoms with E-state index in [2.05, 4.69) is 5.32 Å². The van der Waals surface area contributed by atoms with E-state index in [1.54, 1.807) is 0 Å². The van der Waals surface area contributed by atoms with Gasteiger partial charge in [-0.15, -0.1) is 0 Å². The lowest BCUT2D eigenvalue weighted by molar-refractivity contribution is 0.172. The molecule has 1 aromatic rings. The molecule has 1 aliphatic heterocycles. The Morgan fingerprint density at radius 2 is 1.65 bits per heavy atom. The second-order valence-electron chi connectivity index (χ2n) is 6.74. The zero-order chi connectivity index (χ0) is 13.3. The van der Waals surface area contributed by atoms with E-state index >= 15 is 0 Å². The minimum Gasteiger partial charge on any atom is -0.486 e. The first-order valence-corrected chi connectivity index (χ1v) is 7.77. The highest BCUT2D eigenvalue weighted by molar-refractivity contribution is 5.73. The van der Waals surface area contributed by atoms with Gasteiger partial charge < -0.3 is 20.5 Å². The number of fused-ring (bicyclic) bond motifs is 6. The van der Waals surface area contributed by atoms with Crippen molar-refractivity contribution < 1.29 is 9.47 Å². The van der Waals surface area contributed by atoms with Crippen LogP contribution in [0.2, 0.25) is 0 Å². The molecular weight excluding hydrogens is 252 g/mol. The molecule has 5 rings (SSSR count). The van der Waals surface area contributed by atoms with Crippen molar-refractivity contribution in [3.05, 3.63) is 12.1 Å². The maximum absolute atomic E-state index is 6.16. The maximum Gasteiger partial charge on any atom is 0.163 e. The molecule has 2 bridgehead atoms. The Hall–Kier alpha value is -1.58. The Labute approximate surface area is 118 Å². The number of hydrogen-bond acceptors (Lipinski definition) is 4. The monoisotopic (exact) mass is 272 g/mol. The molecule has 4 nitrogen and oxygen atoms in total. The van der Waals surface area contributed by atoms with E-state index in [1.165, 1.54) is 19.3 Å². The number of hydrogen-bond donors (Lipinski definition) is 2. The van der Waals surface area contributed by atoms with Crippen LogP contribution < -0.4 is 20.5 Å². The number of nitrogens with two attached hydrogens (primary N) is 1. The number of rotatable bonds is 2. The Bertz CT molecular complexity index is 558. The van der Waals surface area contributed by atoms with Gasteiger partial charge in [-0.05, 0) is 42.9 Å². The standard InChI is InChI=1S/C16H20N2O2/c17-10-6-12-13(20-4-3-19-12)7-11(10)18-16-14-8-1-2-9(5-8)15(14)16/h6-9,14-16,18H,1-5,17H2. The Morgan fingerprint density at radius 1 is 1.00 bits per heavy atom. The van der Waals surface area contributed by atoms with Crippen LogP contribution >= 0.6 is 0 Å². The molecule has 3 aliphatic carbocycles. The number of anilines is 2. The maximum atomic E-state index is 6.16. The smallest absolute Gasteiger partial charge is 0.163 e. The lowest BCUT2D eigenvalue weighted by atomic mass is 10.0. The fraction of sp³-hybridized carbons (Fsp3) is 0.625. The van der Waals surface area contributed by atoms with E-state index in [0.717, 1.165) is 46.5 Å². The second kappa shape index (κ2) is 3.74. The van der Waals surface area contributed by atoms with Gasteiger partial charge in [-0.3, -0.25) is 0 Å². The molecule has 20 heavy (non-hydrogen) atoms. The van der Waals surface area contributed by atoms with Gasteiger partial charge in [0.15, 0.2) is 11.5 Å². The molecule has 4 unspecified atom stereocenters. The van der Waals surface area contributed by atoms with Crippen LogP contribution in [0.3, 0.4) is 0 Å². The molecular formula is C16H20N2O2. The molecule has 4 heteroatoms. The van der Waals surface area contributed by atoms with Crippen molar-refractivity contribution in [2.45, 2.75) is 25.3 Å². The predicted octanol–water partition coefficient (Wildman–Crippen LogP) is 2.50. The van der Waals surface area contributed by atoms with Gasteiger partial charge in [0, 0.05) is 18.2 Å². The lowest BCUT2D eigenvalue weighted by Gasteiger charge is -2.21. The van der Waals surface area contributed by atoms with Gasteiger partial charge in [0.2, 0.25) is 0 Å². The Balaban J connectivity index is 1.40. The van der Waals surface area contributed by atoms with Crippen LogP contribution in [-0.4, -0.2) is 19.3 Å². The van der Waals surface area contributed by atoms with E-state index in [0.29, 0.717) is 19.3 Å². The minimum atomic E-state index is 0.606. The van der Waals surface area contributed by atoms with Crippen LogP contribution in [0, 0.1) is 23.7 Å². The van der Waals surface area contributed by atoms with Gasteiger partial charge in [-0.1, -0.05) is 0 Å². The van der Waals surface area contributed by atoms with Crippen LogP contribution in [0.5, 0.6) is 11.5 Å². The summed E-state index contributed by atoms with van der Waals surface area (Å²) in [6.45, 7) is 1.23. The molecule has 0 spiro atoms. The van der Waals surface area contributed by atoms with Crippen molar-refractivity contribution in [2.24, 2.45) is 23.7 Å². The van der Waals surface area contributed by atoms with Crippen molar-refractivity contribution >= 4 is 11.4 Å². The van der Waals surface area contributed by atoms with Gasteiger partial charge in [-0.2, -0.15) is 0 Å². The minimum absolute atomic E-state index is 0.606. The van der Waals surface area contributed by atoms with E-state index in [1.807, 2.05) is 12.1 Å². The molecule has 0 amide bonds. The molecule has 0 radical (unpaired) electrons. The van der Waals surface area contributed by atoms with Crippen LogP contribution in [0.15, 0.2) is 12.1 Å². The number of nitrogen functional groups attached to an aromatic ring is 1. The zero-order valence-corrected chi connectivity index (χ0v) is 11.5. The van der Waals surface area contributed by atoms with Crippen LogP contribution in [-0.2, 0) is 0 Å². The van der Waals surface area contributed by atoms with Gasteiger partial charge in [0.05, 0.1) is 11.4 Å². The summed E-state index contributed by atoms with van der Waals surface area (Å²) in [4.78, 5) is 0. The van der Waals surface area contributed by atoms with E-state index in [9.17, 15) is 0 Å². The summed E-state index contributed by atoms with van der Waals surface area (Å²) in [6.07, 6.45) is 4.37. The number of nitrogens with one attached hydrogen (secondary N) is 1. The molecule has 1 aromatic carbocycles. The normalized spacial score (nSPS) is 39.5. The molecule has 1 heterocycles. The summed E-state index contributed by atoms with van der Waals surface area (Å²) in [5.74, 6) is 5.35. The number of ether oxygens (including phenoxy) is 2. The molecule has 3 fully saturated rings. The molecule has 3 saturated carbocycles. The van der Waals surface area contributed by atoms with Gasteiger partial charge in [0.25, 0.3) is 0 Å². The Kier molecular flexibility index (Phi) is 2.08. The number of benzene rings is 1. The fourth-order valence-corrected chi connectivity index (χ4v) is 4.93. The van der Waals surface area contributed by atoms with Gasteiger partial charge in [0.1, 0.15) is 13.2 Å². The first kappa shape index (κ1) is 11.1. The lowest BCUT2D eigenvalue weighted by Crippen LogP contribution is -2.17. The third-order valence-electron chi connectivity index (χ3n) is 5.77. The molecule has 0 aromatic heterocycles. The second-order valence-corrected chi connectivity index (χ2v) is 6.74. The van der Waals surface area contributed by atoms with Crippen LogP contribution in [0.25, 0.3) is 0 Å². The molecule has 0 saturated heterocycles. The zero-order valence-electron chi connectivity index (χ0n) is 11.5. The van der Waals surface area contributed by atoms with Gasteiger partial charge in [-0.25, -0.2) is 0 Å². The SMILES string of the molecule is Nc1cc2c(cc1NC1C3C4CCC(C4)C13)OCCO2. The summed E-state index contributed by atoms with van der Waals surface area (Å²) < 4.78 is 11.2. The van der Waals surface area contributed by atoms with Crippen molar-refractivity contribution in [3.63, 3.8) is 0 Å². The topological polar surface area (TPSA) is 56.5 Å². The first-order valence-electron chi connectivity index (χ1n) is 7.77. The van der Waals surface area contributed by atoms with Crippen molar-refractivity contribution in [1.82, 2.24) is 0 Å². The first-order chi connectivity index (χ1) is 9.81. The summed E-state index contributed by atoms with van der Waals surface area (Å²) in [5.41, 5.74) is 7.95. The van der Waals surface area contributed by atoms with Crippen molar-refractivity contribution in [2.75, 3.05) is 24.3 Å². The predicted molar refractivity (Wildman–Crippen MR) is 77.1 cm³/mol. The van der Waals surface area contributed by atoms with Crippen LogP contribution in [0.4, 0.5) is 11.4 Å². The van der Waals surface area contributed by atoms with Crippen molar-refractivity contribution in [1.29, 1.82) is 0 Å². The highest BCUT2D eigenvalue weighted by atomic mass is 16.6. The highest BCUT2D eigenvalue weighted by Crippen LogP contribution is 2.66. The summed E-state index contributed by atoms with van der Waals surface area (Å²) in [5, 5.41) is 3.68. The van der Waals surface area contributed by atoms with E-state index in [4.69, 9.17) is 15.2 Å². The summed E-state index contributed by atoms with van der Waals surface area (Å²) >= 11 is 0. The van der Waals surface area contributed by atoms with Crippen LogP contribution in [0.1, 0.15) is 19.3 Å². The third kappa shape index (κ3) is 1.42. The average molecular weight is 272 g/mol. The molecule has 4 atom stereocenters. The quantitative estimate of drug-likeness (QED) is 0.812. The van der Waals surface area contributed by atoms with Crippen molar-refractivity contribution in [3.8, 4) is 11.5 Å². The fourth-order valence-electron chi connectivity index (χ4n) is 4.93. The Morgan fingerprint density at radius 3 is 2.35 bits per heavy atom. The van der Waals surface area contributed by atoms with Gasteiger partial charge >= 0.3 is 0 Å². The van der Waals surface area contributed by atoms with E-state index < -0.39 is 0 Å². The molecule has 4 aliphatic rings. The molecule has 106 valence electrons. The third-order valence-corrected chi connectivity index (χ3v) is 5.77. The summed E-state index contributed by atoms with van der Waals surface area (Å²) in [6, 6.07) is 4.55.